The topological polar surface area (TPSA) is 24.5 Å². The zero-order valence-corrected chi connectivity index (χ0v) is 12.1. The minimum atomic E-state index is 0.438. The highest BCUT2D eigenvalue weighted by molar-refractivity contribution is 5.19. The van der Waals surface area contributed by atoms with E-state index in [9.17, 15) is 0 Å². The number of hydrogen-bond donors (Lipinski definition) is 1. The summed E-state index contributed by atoms with van der Waals surface area (Å²) >= 11 is 0. The first-order valence-corrected chi connectivity index (χ1v) is 7.28. The van der Waals surface area contributed by atoms with Crippen molar-refractivity contribution in [2.75, 3.05) is 40.4 Å². The highest BCUT2D eigenvalue weighted by atomic mass is 16.5. The first-order chi connectivity index (χ1) is 9.31. The molecule has 0 radical (unpaired) electrons. The fraction of sp³-hybridized carbons (Fsp3) is 0.625. The maximum atomic E-state index is 5.59. The van der Waals surface area contributed by atoms with E-state index in [-0.39, 0.29) is 0 Å². The summed E-state index contributed by atoms with van der Waals surface area (Å²) in [6.45, 7) is 3.96. The van der Waals surface area contributed by atoms with Crippen molar-refractivity contribution in [1.29, 1.82) is 0 Å². The molecule has 1 aliphatic heterocycles. The molecule has 1 heterocycles. The van der Waals surface area contributed by atoms with E-state index in [0.717, 1.165) is 26.3 Å². The molecule has 2 unspecified atom stereocenters. The van der Waals surface area contributed by atoms with E-state index in [2.05, 4.69) is 47.6 Å². The Bertz CT molecular complexity index is 349. The van der Waals surface area contributed by atoms with Gasteiger partial charge in [0.2, 0.25) is 0 Å². The average Bonchev–Trinajstić information content (AvgIpc) is 2.46. The molecule has 3 heteroatoms. The first-order valence-electron chi connectivity index (χ1n) is 7.28. The third-order valence-electron chi connectivity index (χ3n) is 3.91. The standard InChI is InChI=1S/C16H26N2O/c1-17-11-16(15-8-4-3-5-9-15)18(2)12-14-7-6-10-19-13-14/h3-5,8-9,14,16-17H,6-7,10-13H2,1-2H3. The fourth-order valence-electron chi connectivity index (χ4n) is 2.88. The van der Waals surface area contributed by atoms with Gasteiger partial charge in [0, 0.05) is 25.7 Å². The van der Waals surface area contributed by atoms with Crippen molar-refractivity contribution in [1.82, 2.24) is 10.2 Å². The van der Waals surface area contributed by atoms with Crippen molar-refractivity contribution in [2.24, 2.45) is 5.92 Å². The minimum absolute atomic E-state index is 0.438. The fourth-order valence-corrected chi connectivity index (χ4v) is 2.88. The molecule has 1 aromatic rings. The zero-order chi connectivity index (χ0) is 13.5. The van der Waals surface area contributed by atoms with Gasteiger partial charge in [-0.15, -0.1) is 0 Å². The molecule has 0 amide bonds. The molecule has 106 valence electrons. The summed E-state index contributed by atoms with van der Waals surface area (Å²) < 4.78 is 5.59. The lowest BCUT2D eigenvalue weighted by Gasteiger charge is -2.33. The lowest BCUT2D eigenvalue weighted by atomic mass is 9.99. The molecule has 1 aliphatic rings. The molecule has 3 nitrogen and oxygen atoms in total. The van der Waals surface area contributed by atoms with Gasteiger partial charge in [-0.25, -0.2) is 0 Å². The van der Waals surface area contributed by atoms with Crippen molar-refractivity contribution in [3.05, 3.63) is 35.9 Å². The number of ether oxygens (including phenoxy) is 1. The van der Waals surface area contributed by atoms with Crippen LogP contribution in [0.15, 0.2) is 30.3 Å². The average molecular weight is 262 g/mol. The van der Waals surface area contributed by atoms with Gasteiger partial charge < -0.3 is 10.1 Å². The number of rotatable bonds is 6. The Morgan fingerprint density at radius 2 is 2.16 bits per heavy atom. The van der Waals surface area contributed by atoms with Gasteiger partial charge in [-0.1, -0.05) is 30.3 Å². The van der Waals surface area contributed by atoms with Crippen LogP contribution in [-0.2, 0) is 4.74 Å². The van der Waals surface area contributed by atoms with Crippen LogP contribution >= 0.6 is 0 Å². The van der Waals surface area contributed by atoms with Gasteiger partial charge in [0.25, 0.3) is 0 Å². The van der Waals surface area contributed by atoms with Gasteiger partial charge in [0.05, 0.1) is 6.61 Å². The van der Waals surface area contributed by atoms with Crippen LogP contribution in [0, 0.1) is 5.92 Å². The van der Waals surface area contributed by atoms with E-state index in [1.165, 1.54) is 18.4 Å². The van der Waals surface area contributed by atoms with E-state index in [4.69, 9.17) is 4.74 Å². The van der Waals surface area contributed by atoms with Crippen LogP contribution < -0.4 is 5.32 Å². The predicted octanol–water partition coefficient (Wildman–Crippen LogP) is 2.31. The Labute approximate surface area is 116 Å². The summed E-state index contributed by atoms with van der Waals surface area (Å²) in [4.78, 5) is 2.46. The second kappa shape index (κ2) is 7.63. The Hall–Kier alpha value is -0.900. The monoisotopic (exact) mass is 262 g/mol. The highest BCUT2D eigenvalue weighted by Crippen LogP contribution is 2.22. The summed E-state index contributed by atoms with van der Waals surface area (Å²) in [5, 5.41) is 3.31. The Kier molecular flexibility index (Phi) is 5.83. The molecule has 19 heavy (non-hydrogen) atoms. The lowest BCUT2D eigenvalue weighted by Crippen LogP contribution is -2.37. The van der Waals surface area contributed by atoms with E-state index in [1.54, 1.807) is 0 Å². The van der Waals surface area contributed by atoms with Gasteiger partial charge in [0.1, 0.15) is 0 Å². The van der Waals surface area contributed by atoms with Crippen molar-refractivity contribution in [3.8, 4) is 0 Å². The molecule has 2 rings (SSSR count). The van der Waals surface area contributed by atoms with Gasteiger partial charge in [0.15, 0.2) is 0 Å². The van der Waals surface area contributed by atoms with E-state index >= 15 is 0 Å². The van der Waals surface area contributed by atoms with Crippen LogP contribution in [0.3, 0.4) is 0 Å². The number of likely N-dealkylation sites (N-methyl/N-ethyl adjacent to an activating group) is 2. The Morgan fingerprint density at radius 3 is 2.79 bits per heavy atom. The number of nitrogens with zero attached hydrogens (tertiary/aromatic N) is 1. The van der Waals surface area contributed by atoms with Crippen LogP contribution in [-0.4, -0.2) is 45.3 Å². The van der Waals surface area contributed by atoms with Crippen molar-refractivity contribution in [3.63, 3.8) is 0 Å². The minimum Gasteiger partial charge on any atom is -0.381 e. The molecular formula is C16H26N2O. The third-order valence-corrected chi connectivity index (χ3v) is 3.91. The largest absolute Gasteiger partial charge is 0.381 e. The molecule has 1 aromatic carbocycles. The normalized spacial score (nSPS) is 21.5. The highest BCUT2D eigenvalue weighted by Gasteiger charge is 2.21. The van der Waals surface area contributed by atoms with Crippen molar-refractivity contribution in [2.45, 2.75) is 18.9 Å². The third kappa shape index (κ3) is 4.30. The van der Waals surface area contributed by atoms with Crippen LogP contribution in [0.2, 0.25) is 0 Å². The van der Waals surface area contributed by atoms with Gasteiger partial charge in [-0.05, 0) is 38.4 Å². The molecule has 0 saturated carbocycles. The molecular weight excluding hydrogens is 236 g/mol. The number of hydrogen-bond acceptors (Lipinski definition) is 3. The Balaban J connectivity index is 1.97. The maximum absolute atomic E-state index is 5.59. The van der Waals surface area contributed by atoms with Crippen molar-refractivity contribution >= 4 is 0 Å². The number of nitrogens with one attached hydrogen (secondary N) is 1. The molecule has 0 aromatic heterocycles. The quantitative estimate of drug-likeness (QED) is 0.851. The molecule has 1 fully saturated rings. The second-order valence-corrected chi connectivity index (χ2v) is 5.51. The summed E-state index contributed by atoms with van der Waals surface area (Å²) in [5.41, 5.74) is 1.39. The molecule has 1 saturated heterocycles. The molecule has 1 N–H and O–H groups in total. The van der Waals surface area contributed by atoms with Crippen LogP contribution in [0.4, 0.5) is 0 Å². The van der Waals surface area contributed by atoms with Crippen LogP contribution in [0.25, 0.3) is 0 Å². The molecule has 0 bridgehead atoms. The van der Waals surface area contributed by atoms with E-state index in [1.807, 2.05) is 7.05 Å². The van der Waals surface area contributed by atoms with E-state index in [0.29, 0.717) is 12.0 Å². The smallest absolute Gasteiger partial charge is 0.0506 e. The second-order valence-electron chi connectivity index (χ2n) is 5.51. The maximum Gasteiger partial charge on any atom is 0.0506 e. The summed E-state index contributed by atoms with van der Waals surface area (Å²) in [6.07, 6.45) is 2.51. The van der Waals surface area contributed by atoms with Crippen LogP contribution in [0.1, 0.15) is 24.4 Å². The first kappa shape index (κ1) is 14.5. The molecule has 0 aliphatic carbocycles. The van der Waals surface area contributed by atoms with E-state index < -0.39 is 0 Å². The van der Waals surface area contributed by atoms with Crippen LogP contribution in [0.5, 0.6) is 0 Å². The summed E-state index contributed by atoms with van der Waals surface area (Å²) in [6, 6.07) is 11.2. The predicted molar refractivity (Wildman–Crippen MR) is 79.3 cm³/mol. The van der Waals surface area contributed by atoms with Gasteiger partial charge in [-0.2, -0.15) is 0 Å². The zero-order valence-electron chi connectivity index (χ0n) is 12.1. The van der Waals surface area contributed by atoms with Crippen molar-refractivity contribution < 1.29 is 4.74 Å². The lowest BCUT2D eigenvalue weighted by molar-refractivity contribution is 0.0361. The summed E-state index contributed by atoms with van der Waals surface area (Å²) in [7, 11) is 4.25. The number of benzene rings is 1. The SMILES string of the molecule is CNCC(c1ccccc1)N(C)CC1CCCOC1. The van der Waals surface area contributed by atoms with Gasteiger partial charge in [-0.3, -0.25) is 4.90 Å². The molecule has 0 spiro atoms. The Morgan fingerprint density at radius 1 is 1.37 bits per heavy atom. The summed E-state index contributed by atoms with van der Waals surface area (Å²) in [5.74, 6) is 0.682. The molecule has 2 atom stereocenters. The van der Waals surface area contributed by atoms with Gasteiger partial charge >= 0.3 is 0 Å².